The highest BCUT2D eigenvalue weighted by molar-refractivity contribution is 5.98. The Labute approximate surface area is 146 Å². The largest absolute Gasteiger partial charge is 0.381 e. The lowest BCUT2D eigenvalue weighted by molar-refractivity contribution is -0.125. The maximum absolute atomic E-state index is 13.7. The monoisotopic (exact) mass is 343 g/mol. The smallest absolute Gasteiger partial charge is 0.236 e. The molecule has 132 valence electrons. The standard InChI is InChI=1S/C19H22FN3O2/c1-12-9-15(12)16-11-17(23-22-16)21-18(24)19(5-7-25-8-6-19)13-3-2-4-14(20)10-13/h2-4,10-12,15H,5-9H2,1H3,(H2,21,22,23,24)/t12-,15+/m0/s1. The van der Waals surface area contributed by atoms with Gasteiger partial charge >= 0.3 is 0 Å². The first kappa shape index (κ1) is 16.3. The van der Waals surface area contributed by atoms with E-state index in [4.69, 9.17) is 4.74 Å². The summed E-state index contributed by atoms with van der Waals surface area (Å²) < 4.78 is 19.2. The fourth-order valence-electron chi connectivity index (χ4n) is 3.73. The number of H-pyrrole nitrogens is 1. The average molecular weight is 343 g/mol. The van der Waals surface area contributed by atoms with Crippen molar-refractivity contribution in [3.8, 4) is 0 Å². The second kappa shape index (κ2) is 6.26. The fourth-order valence-corrected chi connectivity index (χ4v) is 3.73. The molecule has 0 radical (unpaired) electrons. The number of carbonyl (C=O) groups excluding carboxylic acids is 1. The van der Waals surface area contributed by atoms with E-state index < -0.39 is 5.41 Å². The van der Waals surface area contributed by atoms with Gasteiger partial charge in [0, 0.05) is 30.9 Å². The first-order valence-electron chi connectivity index (χ1n) is 8.79. The lowest BCUT2D eigenvalue weighted by Crippen LogP contribution is -2.45. The lowest BCUT2D eigenvalue weighted by atomic mass is 9.73. The molecule has 2 aromatic rings. The van der Waals surface area contributed by atoms with Gasteiger partial charge in [0.2, 0.25) is 5.91 Å². The van der Waals surface area contributed by atoms with E-state index in [1.807, 2.05) is 12.1 Å². The van der Waals surface area contributed by atoms with Crippen LogP contribution in [0.5, 0.6) is 0 Å². The second-order valence-corrected chi connectivity index (χ2v) is 7.19. The summed E-state index contributed by atoms with van der Waals surface area (Å²) in [5, 5.41) is 10.2. The molecule has 25 heavy (non-hydrogen) atoms. The molecule has 1 saturated carbocycles. The number of benzene rings is 1. The van der Waals surface area contributed by atoms with Gasteiger partial charge in [-0.05, 0) is 42.9 Å². The minimum atomic E-state index is -0.785. The Morgan fingerprint density at radius 3 is 2.80 bits per heavy atom. The molecule has 0 spiro atoms. The van der Waals surface area contributed by atoms with Crippen LogP contribution in [0.2, 0.25) is 0 Å². The van der Waals surface area contributed by atoms with Gasteiger partial charge in [0.15, 0.2) is 5.82 Å². The van der Waals surface area contributed by atoms with E-state index in [0.717, 1.165) is 12.1 Å². The molecule has 1 aliphatic heterocycles. The van der Waals surface area contributed by atoms with Crippen molar-refractivity contribution >= 4 is 11.7 Å². The minimum absolute atomic E-state index is 0.150. The number of anilines is 1. The molecule has 1 amide bonds. The van der Waals surface area contributed by atoms with Crippen molar-refractivity contribution in [3.05, 3.63) is 47.4 Å². The Hall–Kier alpha value is -2.21. The third-order valence-electron chi connectivity index (χ3n) is 5.51. The zero-order valence-electron chi connectivity index (χ0n) is 14.2. The first-order chi connectivity index (χ1) is 12.1. The number of aromatic nitrogens is 2. The van der Waals surface area contributed by atoms with E-state index in [-0.39, 0.29) is 11.7 Å². The van der Waals surface area contributed by atoms with Crippen LogP contribution in [0.1, 0.15) is 43.4 Å². The van der Waals surface area contributed by atoms with Crippen LogP contribution in [-0.4, -0.2) is 29.3 Å². The highest BCUT2D eigenvalue weighted by atomic mass is 19.1. The third kappa shape index (κ3) is 3.06. The van der Waals surface area contributed by atoms with Crippen molar-refractivity contribution in [2.24, 2.45) is 5.92 Å². The second-order valence-electron chi connectivity index (χ2n) is 7.19. The SMILES string of the molecule is C[C@H]1C[C@H]1c1cc(NC(=O)C2(c3cccc(F)c3)CCOCC2)n[nH]1. The van der Waals surface area contributed by atoms with E-state index in [0.29, 0.717) is 49.3 Å². The molecule has 1 aromatic heterocycles. The van der Waals surface area contributed by atoms with Gasteiger partial charge in [0.1, 0.15) is 5.82 Å². The Morgan fingerprint density at radius 1 is 1.36 bits per heavy atom. The van der Waals surface area contributed by atoms with Crippen molar-refractivity contribution in [3.63, 3.8) is 0 Å². The van der Waals surface area contributed by atoms with Crippen LogP contribution in [0.3, 0.4) is 0 Å². The van der Waals surface area contributed by atoms with Crippen LogP contribution in [0, 0.1) is 11.7 Å². The predicted octanol–water partition coefficient (Wildman–Crippen LogP) is 3.36. The highest BCUT2D eigenvalue weighted by Gasteiger charge is 2.42. The number of hydrogen-bond acceptors (Lipinski definition) is 3. The molecule has 2 atom stereocenters. The van der Waals surface area contributed by atoms with Crippen LogP contribution < -0.4 is 5.32 Å². The molecule has 0 bridgehead atoms. The Bertz CT molecular complexity index is 782. The molecule has 1 saturated heterocycles. The molecule has 2 N–H and O–H groups in total. The summed E-state index contributed by atoms with van der Waals surface area (Å²) in [5.74, 6) is 1.22. The predicted molar refractivity (Wildman–Crippen MR) is 91.9 cm³/mol. The van der Waals surface area contributed by atoms with Crippen molar-refractivity contribution in [2.45, 2.75) is 37.5 Å². The van der Waals surface area contributed by atoms with Crippen LogP contribution in [-0.2, 0) is 14.9 Å². The molecular weight excluding hydrogens is 321 g/mol. The molecule has 5 nitrogen and oxygen atoms in total. The summed E-state index contributed by atoms with van der Waals surface area (Å²) in [6.07, 6.45) is 2.21. The van der Waals surface area contributed by atoms with Gasteiger partial charge in [-0.15, -0.1) is 0 Å². The number of hydrogen-bond donors (Lipinski definition) is 2. The Balaban J connectivity index is 1.58. The maximum atomic E-state index is 13.7. The topological polar surface area (TPSA) is 67.0 Å². The molecule has 2 heterocycles. The van der Waals surface area contributed by atoms with E-state index in [1.54, 1.807) is 6.07 Å². The first-order valence-corrected chi connectivity index (χ1v) is 8.79. The quantitative estimate of drug-likeness (QED) is 0.894. The van der Waals surface area contributed by atoms with Crippen molar-refractivity contribution in [1.29, 1.82) is 0 Å². The van der Waals surface area contributed by atoms with Gasteiger partial charge in [-0.3, -0.25) is 9.89 Å². The van der Waals surface area contributed by atoms with Crippen molar-refractivity contribution in [1.82, 2.24) is 10.2 Å². The maximum Gasteiger partial charge on any atom is 0.236 e. The van der Waals surface area contributed by atoms with E-state index >= 15 is 0 Å². The summed E-state index contributed by atoms with van der Waals surface area (Å²) in [6, 6.07) is 8.22. The van der Waals surface area contributed by atoms with Gasteiger partial charge < -0.3 is 10.1 Å². The normalized spacial score (nSPS) is 24.7. The minimum Gasteiger partial charge on any atom is -0.381 e. The number of halogens is 1. The Morgan fingerprint density at radius 2 is 2.12 bits per heavy atom. The number of carbonyl (C=O) groups is 1. The zero-order valence-corrected chi connectivity index (χ0v) is 14.2. The number of nitrogens with zero attached hydrogens (tertiary/aromatic N) is 1. The average Bonchev–Trinajstić information content (AvgIpc) is 3.17. The molecule has 1 aliphatic carbocycles. The Kier molecular flexibility index (Phi) is 4.07. The zero-order chi connectivity index (χ0) is 17.4. The number of rotatable bonds is 4. The number of ether oxygens (including phenoxy) is 1. The third-order valence-corrected chi connectivity index (χ3v) is 5.51. The lowest BCUT2D eigenvalue weighted by Gasteiger charge is -2.36. The van der Waals surface area contributed by atoms with Gasteiger partial charge in [-0.25, -0.2) is 4.39 Å². The van der Waals surface area contributed by atoms with E-state index in [9.17, 15) is 9.18 Å². The molecule has 2 aliphatic rings. The summed E-state index contributed by atoms with van der Waals surface area (Å²) in [7, 11) is 0. The van der Waals surface area contributed by atoms with Crippen molar-refractivity contribution < 1.29 is 13.9 Å². The molecule has 6 heteroatoms. The summed E-state index contributed by atoms with van der Waals surface area (Å²) in [4.78, 5) is 13.1. The summed E-state index contributed by atoms with van der Waals surface area (Å²) >= 11 is 0. The number of amides is 1. The van der Waals surface area contributed by atoms with Gasteiger partial charge in [-0.2, -0.15) is 5.10 Å². The summed E-state index contributed by atoms with van der Waals surface area (Å²) in [6.45, 7) is 3.16. The molecule has 1 aromatic carbocycles. The molecular formula is C19H22FN3O2. The van der Waals surface area contributed by atoms with Crippen LogP contribution in [0.25, 0.3) is 0 Å². The molecule has 0 unspecified atom stereocenters. The van der Waals surface area contributed by atoms with Gasteiger partial charge in [-0.1, -0.05) is 19.1 Å². The van der Waals surface area contributed by atoms with Crippen LogP contribution in [0.15, 0.2) is 30.3 Å². The number of aromatic amines is 1. The molecule has 2 fully saturated rings. The van der Waals surface area contributed by atoms with Gasteiger partial charge in [0.25, 0.3) is 0 Å². The summed E-state index contributed by atoms with van der Waals surface area (Å²) in [5.41, 5.74) is 0.973. The number of nitrogens with one attached hydrogen (secondary N) is 2. The highest BCUT2D eigenvalue weighted by Crippen LogP contribution is 2.46. The van der Waals surface area contributed by atoms with E-state index in [1.165, 1.54) is 12.1 Å². The van der Waals surface area contributed by atoms with Crippen molar-refractivity contribution in [2.75, 3.05) is 18.5 Å². The van der Waals surface area contributed by atoms with E-state index in [2.05, 4.69) is 22.4 Å². The van der Waals surface area contributed by atoms with Crippen LogP contribution >= 0.6 is 0 Å². The van der Waals surface area contributed by atoms with Crippen LogP contribution in [0.4, 0.5) is 10.2 Å². The van der Waals surface area contributed by atoms with Gasteiger partial charge in [0.05, 0.1) is 5.41 Å². The molecule has 4 rings (SSSR count). The fraction of sp³-hybridized carbons (Fsp3) is 0.474.